The van der Waals surface area contributed by atoms with Gasteiger partial charge in [-0.05, 0) is 33.1 Å². The molecule has 2 unspecified atom stereocenters. The second-order valence-corrected chi connectivity index (χ2v) is 3.64. The Morgan fingerprint density at radius 1 is 1.10 bits per heavy atom. The molecular formula is C8H14O2. The van der Waals surface area contributed by atoms with Crippen LogP contribution in [0.4, 0.5) is 0 Å². The highest BCUT2D eigenvalue weighted by Crippen LogP contribution is 2.37. The van der Waals surface area contributed by atoms with Crippen LogP contribution >= 0.6 is 0 Å². The summed E-state index contributed by atoms with van der Waals surface area (Å²) in [6.07, 6.45) is 4.44. The van der Waals surface area contributed by atoms with E-state index in [0.29, 0.717) is 12.2 Å². The van der Waals surface area contributed by atoms with E-state index in [4.69, 9.17) is 9.47 Å². The Labute approximate surface area is 61.5 Å². The molecule has 0 radical (unpaired) electrons. The lowest BCUT2D eigenvalue weighted by molar-refractivity contribution is -0.151. The van der Waals surface area contributed by atoms with Gasteiger partial charge in [0.2, 0.25) is 0 Å². The van der Waals surface area contributed by atoms with Gasteiger partial charge in [-0.25, -0.2) is 0 Å². The second kappa shape index (κ2) is 1.95. The molecule has 0 N–H and O–H groups in total. The van der Waals surface area contributed by atoms with Gasteiger partial charge in [-0.2, -0.15) is 0 Å². The van der Waals surface area contributed by atoms with E-state index in [1.807, 2.05) is 13.8 Å². The standard InChI is InChI=1S/C8H14O2/c1-8(2)9-6-4-3-5-7(6)10-8/h6-7H,3-5H2,1-2H3. The molecule has 2 heteroatoms. The molecule has 1 saturated heterocycles. The topological polar surface area (TPSA) is 18.5 Å². The highest BCUT2D eigenvalue weighted by atomic mass is 16.8. The zero-order chi connectivity index (χ0) is 7.19. The molecule has 0 amide bonds. The number of hydrogen-bond donors (Lipinski definition) is 0. The van der Waals surface area contributed by atoms with Gasteiger partial charge >= 0.3 is 0 Å². The number of hydrogen-bond acceptors (Lipinski definition) is 2. The Bertz CT molecular complexity index is 128. The quantitative estimate of drug-likeness (QED) is 0.512. The summed E-state index contributed by atoms with van der Waals surface area (Å²) in [5.41, 5.74) is 0. The van der Waals surface area contributed by atoms with Crippen LogP contribution in [0.15, 0.2) is 0 Å². The molecule has 0 bridgehead atoms. The van der Waals surface area contributed by atoms with Crippen molar-refractivity contribution in [2.75, 3.05) is 0 Å². The largest absolute Gasteiger partial charge is 0.345 e. The Kier molecular flexibility index (Phi) is 1.29. The Morgan fingerprint density at radius 3 is 2.10 bits per heavy atom. The minimum Gasteiger partial charge on any atom is -0.345 e. The molecule has 0 aromatic rings. The zero-order valence-electron chi connectivity index (χ0n) is 6.59. The fraction of sp³-hybridized carbons (Fsp3) is 1.00. The van der Waals surface area contributed by atoms with Gasteiger partial charge in [0.15, 0.2) is 5.79 Å². The molecule has 58 valence electrons. The van der Waals surface area contributed by atoms with Crippen molar-refractivity contribution in [3.05, 3.63) is 0 Å². The van der Waals surface area contributed by atoms with E-state index < -0.39 is 0 Å². The van der Waals surface area contributed by atoms with Crippen LogP contribution in [0.1, 0.15) is 33.1 Å². The molecule has 1 aliphatic carbocycles. The minimum atomic E-state index is -0.310. The second-order valence-electron chi connectivity index (χ2n) is 3.64. The number of rotatable bonds is 0. The average Bonchev–Trinajstić information content (AvgIpc) is 2.20. The molecule has 10 heavy (non-hydrogen) atoms. The predicted octanol–water partition coefficient (Wildman–Crippen LogP) is 1.69. The van der Waals surface area contributed by atoms with Crippen molar-refractivity contribution in [1.29, 1.82) is 0 Å². The van der Waals surface area contributed by atoms with E-state index in [9.17, 15) is 0 Å². The lowest BCUT2D eigenvalue weighted by Gasteiger charge is -2.17. The molecule has 2 aliphatic rings. The van der Waals surface area contributed by atoms with Crippen LogP contribution in [0.5, 0.6) is 0 Å². The summed E-state index contributed by atoms with van der Waals surface area (Å²) in [6, 6.07) is 0. The fourth-order valence-electron chi connectivity index (χ4n) is 1.92. The van der Waals surface area contributed by atoms with Crippen molar-refractivity contribution < 1.29 is 9.47 Å². The Balaban J connectivity index is 2.07. The van der Waals surface area contributed by atoms with Crippen LogP contribution in [0, 0.1) is 0 Å². The van der Waals surface area contributed by atoms with E-state index in [2.05, 4.69) is 0 Å². The maximum Gasteiger partial charge on any atom is 0.163 e. The van der Waals surface area contributed by atoms with Crippen molar-refractivity contribution in [2.45, 2.75) is 51.1 Å². The van der Waals surface area contributed by atoms with Crippen molar-refractivity contribution in [1.82, 2.24) is 0 Å². The first-order valence-electron chi connectivity index (χ1n) is 4.03. The van der Waals surface area contributed by atoms with Crippen LogP contribution in [-0.4, -0.2) is 18.0 Å². The fourth-order valence-corrected chi connectivity index (χ4v) is 1.92. The van der Waals surface area contributed by atoms with Crippen molar-refractivity contribution in [3.63, 3.8) is 0 Å². The smallest absolute Gasteiger partial charge is 0.163 e. The summed E-state index contributed by atoms with van der Waals surface area (Å²) in [6.45, 7) is 3.98. The van der Waals surface area contributed by atoms with Gasteiger partial charge in [0.05, 0.1) is 12.2 Å². The van der Waals surface area contributed by atoms with E-state index in [0.717, 1.165) is 0 Å². The predicted molar refractivity (Wildman–Crippen MR) is 37.7 cm³/mol. The van der Waals surface area contributed by atoms with E-state index >= 15 is 0 Å². The zero-order valence-corrected chi connectivity index (χ0v) is 6.59. The lowest BCUT2D eigenvalue weighted by atomic mass is 10.3. The third kappa shape index (κ3) is 0.956. The van der Waals surface area contributed by atoms with E-state index in [-0.39, 0.29) is 5.79 Å². The molecule has 0 spiro atoms. The summed E-state index contributed by atoms with van der Waals surface area (Å²) < 4.78 is 11.3. The van der Waals surface area contributed by atoms with Crippen LogP contribution in [-0.2, 0) is 9.47 Å². The number of ether oxygens (including phenoxy) is 2. The number of fused-ring (bicyclic) bond motifs is 1. The molecule has 1 heterocycles. The first kappa shape index (κ1) is 6.62. The SMILES string of the molecule is CC1(C)OC2CCCC2O1. The van der Waals surface area contributed by atoms with Crippen LogP contribution in [0.25, 0.3) is 0 Å². The monoisotopic (exact) mass is 142 g/mol. The van der Waals surface area contributed by atoms with Gasteiger partial charge in [-0.1, -0.05) is 0 Å². The van der Waals surface area contributed by atoms with Crippen molar-refractivity contribution in [2.24, 2.45) is 0 Å². The lowest BCUT2D eigenvalue weighted by Crippen LogP contribution is -2.21. The average molecular weight is 142 g/mol. The highest BCUT2D eigenvalue weighted by molar-refractivity contribution is 4.86. The van der Waals surface area contributed by atoms with Gasteiger partial charge in [0.25, 0.3) is 0 Å². The maximum absolute atomic E-state index is 5.65. The van der Waals surface area contributed by atoms with Gasteiger partial charge < -0.3 is 9.47 Å². The van der Waals surface area contributed by atoms with Gasteiger partial charge in [0, 0.05) is 0 Å². The van der Waals surface area contributed by atoms with Gasteiger partial charge in [-0.15, -0.1) is 0 Å². The maximum atomic E-state index is 5.65. The molecule has 0 aromatic heterocycles. The third-order valence-electron chi connectivity index (χ3n) is 2.26. The molecular weight excluding hydrogens is 128 g/mol. The summed E-state index contributed by atoms with van der Waals surface area (Å²) >= 11 is 0. The summed E-state index contributed by atoms with van der Waals surface area (Å²) in [5.74, 6) is -0.310. The van der Waals surface area contributed by atoms with Gasteiger partial charge in [-0.3, -0.25) is 0 Å². The summed E-state index contributed by atoms with van der Waals surface area (Å²) in [7, 11) is 0. The first-order chi connectivity index (χ1) is 4.67. The summed E-state index contributed by atoms with van der Waals surface area (Å²) in [4.78, 5) is 0. The third-order valence-corrected chi connectivity index (χ3v) is 2.26. The van der Waals surface area contributed by atoms with Crippen LogP contribution < -0.4 is 0 Å². The Hall–Kier alpha value is -0.0800. The van der Waals surface area contributed by atoms with E-state index in [1.165, 1.54) is 19.3 Å². The molecule has 1 aliphatic heterocycles. The molecule has 0 aromatic carbocycles. The molecule has 2 rings (SSSR count). The van der Waals surface area contributed by atoms with Crippen molar-refractivity contribution >= 4 is 0 Å². The normalized spacial score (nSPS) is 43.8. The van der Waals surface area contributed by atoms with E-state index in [1.54, 1.807) is 0 Å². The van der Waals surface area contributed by atoms with Crippen LogP contribution in [0.3, 0.4) is 0 Å². The van der Waals surface area contributed by atoms with Gasteiger partial charge in [0.1, 0.15) is 0 Å². The molecule has 2 nitrogen and oxygen atoms in total. The first-order valence-corrected chi connectivity index (χ1v) is 4.03. The molecule has 2 fully saturated rings. The highest BCUT2D eigenvalue weighted by Gasteiger charge is 2.43. The minimum absolute atomic E-state index is 0.310. The Morgan fingerprint density at radius 2 is 1.60 bits per heavy atom. The molecule has 2 atom stereocenters. The summed E-state index contributed by atoms with van der Waals surface area (Å²) in [5, 5.41) is 0. The van der Waals surface area contributed by atoms with Crippen molar-refractivity contribution in [3.8, 4) is 0 Å². The molecule has 1 saturated carbocycles. The van der Waals surface area contributed by atoms with Crippen LogP contribution in [0.2, 0.25) is 0 Å².